The molecule has 19 heavy (non-hydrogen) atoms. The molecule has 0 bridgehead atoms. The quantitative estimate of drug-likeness (QED) is 0.879. The van der Waals surface area contributed by atoms with Crippen molar-refractivity contribution in [2.24, 2.45) is 0 Å². The molecule has 0 atom stereocenters. The predicted molar refractivity (Wildman–Crippen MR) is 72.5 cm³/mol. The third kappa shape index (κ3) is 3.89. The maximum absolute atomic E-state index is 11.7. The number of nitrogens with zero attached hydrogens (tertiary/aromatic N) is 1. The van der Waals surface area contributed by atoms with Gasteiger partial charge in [0.05, 0.1) is 11.9 Å². The summed E-state index contributed by atoms with van der Waals surface area (Å²) in [5, 5.41) is 13.4. The number of nitrogens with one attached hydrogen (secondary N) is 1. The van der Waals surface area contributed by atoms with Crippen molar-refractivity contribution in [3.63, 3.8) is 0 Å². The van der Waals surface area contributed by atoms with Crippen LogP contribution in [0.15, 0.2) is 35.8 Å². The van der Waals surface area contributed by atoms with Gasteiger partial charge in [-0.1, -0.05) is 6.07 Å². The Labute approximate surface area is 113 Å². The lowest BCUT2D eigenvalue weighted by Crippen LogP contribution is -2.12. The smallest absolute Gasteiger partial charge is 0.354 e. The minimum absolute atomic E-state index is 0.0448. The van der Waals surface area contributed by atoms with E-state index < -0.39 is 5.97 Å². The standard InChI is InChI=1S/C13H12N2O3S/c16-12(6-4-10-2-1-7-19-10)15-9-3-5-11(13(17)18)14-8-9/h1-3,5,7-8H,4,6H2,(H,15,16)(H,17,18). The van der Waals surface area contributed by atoms with E-state index in [1.54, 1.807) is 11.3 Å². The topological polar surface area (TPSA) is 79.3 Å². The summed E-state index contributed by atoms with van der Waals surface area (Å²) < 4.78 is 0. The summed E-state index contributed by atoms with van der Waals surface area (Å²) in [4.78, 5) is 27.2. The SMILES string of the molecule is O=C(CCc1cccs1)Nc1ccc(C(=O)O)nc1. The molecule has 2 aromatic rings. The van der Waals surface area contributed by atoms with Crippen LogP contribution in [0.25, 0.3) is 0 Å². The third-order valence-electron chi connectivity index (χ3n) is 2.44. The number of anilines is 1. The number of rotatable bonds is 5. The van der Waals surface area contributed by atoms with E-state index in [1.165, 1.54) is 18.3 Å². The molecule has 2 rings (SSSR count). The van der Waals surface area contributed by atoms with Crippen LogP contribution in [0.3, 0.4) is 0 Å². The molecule has 0 aliphatic heterocycles. The van der Waals surface area contributed by atoms with E-state index in [1.807, 2.05) is 17.5 Å². The van der Waals surface area contributed by atoms with Crippen molar-refractivity contribution < 1.29 is 14.7 Å². The number of aromatic nitrogens is 1. The minimum atomic E-state index is -1.09. The number of amides is 1. The van der Waals surface area contributed by atoms with Crippen molar-refractivity contribution in [2.45, 2.75) is 12.8 Å². The van der Waals surface area contributed by atoms with Gasteiger partial charge in [0.15, 0.2) is 0 Å². The van der Waals surface area contributed by atoms with Crippen LogP contribution in [0.2, 0.25) is 0 Å². The highest BCUT2D eigenvalue weighted by molar-refractivity contribution is 7.09. The molecule has 98 valence electrons. The first kappa shape index (κ1) is 13.2. The molecule has 0 radical (unpaired) electrons. The molecule has 0 aliphatic rings. The van der Waals surface area contributed by atoms with Crippen molar-refractivity contribution in [1.29, 1.82) is 0 Å². The average molecular weight is 276 g/mol. The number of carbonyl (C=O) groups excluding carboxylic acids is 1. The molecule has 0 saturated carbocycles. The van der Waals surface area contributed by atoms with Crippen molar-refractivity contribution in [3.05, 3.63) is 46.4 Å². The minimum Gasteiger partial charge on any atom is -0.477 e. The van der Waals surface area contributed by atoms with Gasteiger partial charge < -0.3 is 10.4 Å². The zero-order valence-corrected chi connectivity index (χ0v) is 10.8. The third-order valence-corrected chi connectivity index (χ3v) is 3.38. The Morgan fingerprint density at radius 1 is 1.32 bits per heavy atom. The van der Waals surface area contributed by atoms with Gasteiger partial charge in [0.2, 0.25) is 5.91 Å². The lowest BCUT2D eigenvalue weighted by molar-refractivity contribution is -0.116. The highest BCUT2D eigenvalue weighted by Crippen LogP contribution is 2.12. The lowest BCUT2D eigenvalue weighted by Gasteiger charge is -2.04. The zero-order valence-electron chi connectivity index (χ0n) is 10.00. The normalized spacial score (nSPS) is 10.1. The summed E-state index contributed by atoms with van der Waals surface area (Å²) >= 11 is 1.62. The van der Waals surface area contributed by atoms with Crippen LogP contribution in [-0.2, 0) is 11.2 Å². The zero-order chi connectivity index (χ0) is 13.7. The van der Waals surface area contributed by atoms with E-state index in [4.69, 9.17) is 5.11 Å². The van der Waals surface area contributed by atoms with E-state index in [-0.39, 0.29) is 11.6 Å². The van der Waals surface area contributed by atoms with Crippen LogP contribution in [0.5, 0.6) is 0 Å². The predicted octanol–water partition coefficient (Wildman–Crippen LogP) is 2.41. The van der Waals surface area contributed by atoms with Crippen LogP contribution >= 0.6 is 11.3 Å². The van der Waals surface area contributed by atoms with Crippen LogP contribution in [0, 0.1) is 0 Å². The highest BCUT2D eigenvalue weighted by Gasteiger charge is 2.06. The molecule has 0 unspecified atom stereocenters. The monoisotopic (exact) mass is 276 g/mol. The number of hydrogen-bond acceptors (Lipinski definition) is 4. The maximum Gasteiger partial charge on any atom is 0.354 e. The fraction of sp³-hybridized carbons (Fsp3) is 0.154. The summed E-state index contributed by atoms with van der Waals surface area (Å²) in [6.45, 7) is 0. The van der Waals surface area contributed by atoms with E-state index in [0.29, 0.717) is 18.5 Å². The average Bonchev–Trinajstić information content (AvgIpc) is 2.90. The first-order chi connectivity index (χ1) is 9.15. The van der Waals surface area contributed by atoms with E-state index in [9.17, 15) is 9.59 Å². The Kier molecular flexibility index (Phi) is 4.25. The van der Waals surface area contributed by atoms with Gasteiger partial charge >= 0.3 is 5.97 Å². The van der Waals surface area contributed by atoms with Crippen LogP contribution in [-0.4, -0.2) is 22.0 Å². The number of aryl methyl sites for hydroxylation is 1. The lowest BCUT2D eigenvalue weighted by atomic mass is 10.2. The fourth-order valence-corrected chi connectivity index (χ4v) is 2.22. The molecular weight excluding hydrogens is 264 g/mol. The second-order valence-electron chi connectivity index (χ2n) is 3.86. The summed E-state index contributed by atoms with van der Waals surface area (Å²) in [7, 11) is 0. The molecule has 0 saturated heterocycles. The van der Waals surface area contributed by atoms with Gasteiger partial charge in [0.25, 0.3) is 0 Å². The van der Waals surface area contributed by atoms with Crippen LogP contribution in [0.4, 0.5) is 5.69 Å². The summed E-state index contributed by atoms with van der Waals surface area (Å²) in [6.07, 6.45) is 2.43. The van der Waals surface area contributed by atoms with E-state index >= 15 is 0 Å². The molecule has 0 aliphatic carbocycles. The molecule has 5 nitrogen and oxygen atoms in total. The van der Waals surface area contributed by atoms with Gasteiger partial charge in [-0.2, -0.15) is 0 Å². The number of carboxylic acid groups (broad SMARTS) is 1. The Morgan fingerprint density at radius 2 is 2.16 bits per heavy atom. The van der Waals surface area contributed by atoms with Crippen molar-refractivity contribution in [2.75, 3.05) is 5.32 Å². The van der Waals surface area contributed by atoms with Gasteiger partial charge in [0, 0.05) is 11.3 Å². The maximum atomic E-state index is 11.7. The number of pyridine rings is 1. The van der Waals surface area contributed by atoms with Gasteiger partial charge in [-0.05, 0) is 30.0 Å². The molecule has 6 heteroatoms. The molecule has 2 aromatic heterocycles. The molecule has 0 aromatic carbocycles. The van der Waals surface area contributed by atoms with Crippen LogP contribution < -0.4 is 5.32 Å². The number of hydrogen-bond donors (Lipinski definition) is 2. The highest BCUT2D eigenvalue weighted by atomic mass is 32.1. The number of carboxylic acids is 1. The first-order valence-corrected chi connectivity index (χ1v) is 6.54. The Morgan fingerprint density at radius 3 is 2.74 bits per heavy atom. The van der Waals surface area contributed by atoms with Crippen LogP contribution in [0.1, 0.15) is 21.8 Å². The Bertz CT molecular complexity index is 564. The molecular formula is C13H12N2O3S. The summed E-state index contributed by atoms with van der Waals surface area (Å²) in [6, 6.07) is 6.82. The molecule has 2 N–H and O–H groups in total. The first-order valence-electron chi connectivity index (χ1n) is 5.67. The van der Waals surface area contributed by atoms with Gasteiger partial charge in [-0.15, -0.1) is 11.3 Å². The number of aromatic carboxylic acids is 1. The summed E-state index contributed by atoms with van der Waals surface area (Å²) in [5.74, 6) is -1.20. The van der Waals surface area contributed by atoms with Gasteiger partial charge in [-0.25, -0.2) is 9.78 Å². The second kappa shape index (κ2) is 6.10. The second-order valence-corrected chi connectivity index (χ2v) is 4.90. The van der Waals surface area contributed by atoms with Crippen molar-refractivity contribution in [1.82, 2.24) is 4.98 Å². The van der Waals surface area contributed by atoms with Crippen molar-refractivity contribution in [3.8, 4) is 0 Å². The Hall–Kier alpha value is -2.21. The molecule has 0 spiro atoms. The van der Waals surface area contributed by atoms with Gasteiger partial charge in [-0.3, -0.25) is 4.79 Å². The number of carbonyl (C=O) groups is 2. The van der Waals surface area contributed by atoms with Crippen molar-refractivity contribution >= 4 is 28.9 Å². The molecule has 1 amide bonds. The van der Waals surface area contributed by atoms with E-state index in [0.717, 1.165) is 4.88 Å². The molecule has 0 fully saturated rings. The summed E-state index contributed by atoms with van der Waals surface area (Å²) in [5.41, 5.74) is 0.456. The van der Waals surface area contributed by atoms with E-state index in [2.05, 4.69) is 10.3 Å². The largest absolute Gasteiger partial charge is 0.477 e. The molecule has 2 heterocycles. The van der Waals surface area contributed by atoms with Gasteiger partial charge in [0.1, 0.15) is 5.69 Å². The fourth-order valence-electron chi connectivity index (χ4n) is 1.51. The Balaban J connectivity index is 1.86. The number of thiophene rings is 1.